The van der Waals surface area contributed by atoms with E-state index in [0.717, 1.165) is 12.8 Å². The monoisotopic (exact) mass is 358 g/mol. The van der Waals surface area contributed by atoms with Gasteiger partial charge in [0.05, 0.1) is 6.61 Å². The molecular formula is C18H39LiO4S. The van der Waals surface area contributed by atoms with Gasteiger partial charge in [0.25, 0.3) is 0 Å². The molecule has 0 aromatic heterocycles. The van der Waals surface area contributed by atoms with Crippen LogP contribution in [0.2, 0.25) is 0 Å². The van der Waals surface area contributed by atoms with E-state index in [1.807, 2.05) is 0 Å². The first-order valence-electron chi connectivity index (χ1n) is 9.68. The van der Waals surface area contributed by atoms with Gasteiger partial charge in [-0.2, -0.15) is 8.42 Å². The summed E-state index contributed by atoms with van der Waals surface area (Å²) in [7, 11) is -4.24. The molecule has 24 heavy (non-hydrogen) atoms. The van der Waals surface area contributed by atoms with Gasteiger partial charge in [-0.05, 0) is 6.42 Å². The van der Waals surface area contributed by atoms with E-state index in [2.05, 4.69) is 11.1 Å². The summed E-state index contributed by atoms with van der Waals surface area (Å²) in [6, 6.07) is 0. The fourth-order valence-corrected chi connectivity index (χ4v) is 3.14. The molecule has 142 valence electrons. The van der Waals surface area contributed by atoms with E-state index < -0.39 is 10.4 Å². The van der Waals surface area contributed by atoms with E-state index in [4.69, 9.17) is 4.55 Å². The number of hydrogen-bond donors (Lipinski definition) is 1. The van der Waals surface area contributed by atoms with Crippen LogP contribution in [0.4, 0.5) is 0 Å². The van der Waals surface area contributed by atoms with Crippen molar-refractivity contribution in [1.82, 2.24) is 0 Å². The first kappa shape index (κ1) is 26.7. The van der Waals surface area contributed by atoms with Crippen LogP contribution < -0.4 is 0 Å². The Kier molecular flexibility index (Phi) is 22.0. The third-order valence-electron chi connectivity index (χ3n) is 4.23. The summed E-state index contributed by atoms with van der Waals surface area (Å²) in [5.41, 5.74) is 0. The molecule has 0 amide bonds. The minimum absolute atomic E-state index is 0. The van der Waals surface area contributed by atoms with E-state index in [1.54, 1.807) is 0 Å². The van der Waals surface area contributed by atoms with E-state index in [9.17, 15) is 8.42 Å². The summed E-state index contributed by atoms with van der Waals surface area (Å²) < 4.78 is 33.3. The van der Waals surface area contributed by atoms with Crippen molar-refractivity contribution < 1.29 is 17.2 Å². The van der Waals surface area contributed by atoms with Gasteiger partial charge in [0.2, 0.25) is 0 Å². The molecule has 0 heterocycles. The fraction of sp³-hybridized carbons (Fsp3) is 1.00. The first-order valence-corrected chi connectivity index (χ1v) is 11.0. The molecule has 0 saturated heterocycles. The third kappa shape index (κ3) is 24.7. The van der Waals surface area contributed by atoms with Crippen LogP contribution in [0.5, 0.6) is 0 Å². The molecule has 6 heteroatoms. The van der Waals surface area contributed by atoms with Gasteiger partial charge in [-0.3, -0.25) is 4.55 Å². The second-order valence-electron chi connectivity index (χ2n) is 6.55. The molecule has 0 aromatic carbocycles. The van der Waals surface area contributed by atoms with Gasteiger partial charge in [-0.15, -0.1) is 0 Å². The average Bonchev–Trinajstić information content (AvgIpc) is 2.49. The van der Waals surface area contributed by atoms with Gasteiger partial charge in [-0.25, -0.2) is 4.18 Å². The van der Waals surface area contributed by atoms with Crippen LogP contribution in [0.1, 0.15) is 110 Å². The van der Waals surface area contributed by atoms with Crippen molar-refractivity contribution in [2.75, 3.05) is 6.61 Å². The minimum atomic E-state index is -4.24. The Hall–Kier alpha value is 0.467. The SMILES string of the molecule is CCCCCCCCCCCCCCCCCCOS(=O)(=O)O.[LiH]. The zero-order chi connectivity index (χ0) is 17.2. The Morgan fingerprint density at radius 2 is 0.917 bits per heavy atom. The molecule has 0 rings (SSSR count). The van der Waals surface area contributed by atoms with Gasteiger partial charge in [-0.1, -0.05) is 103 Å². The van der Waals surface area contributed by atoms with E-state index in [-0.39, 0.29) is 25.5 Å². The van der Waals surface area contributed by atoms with Crippen LogP contribution in [-0.4, -0.2) is 38.4 Å². The summed E-state index contributed by atoms with van der Waals surface area (Å²) in [5, 5.41) is 0. The van der Waals surface area contributed by atoms with Crippen LogP contribution in [-0.2, 0) is 14.6 Å². The van der Waals surface area contributed by atoms with Crippen molar-refractivity contribution in [1.29, 1.82) is 0 Å². The molecule has 0 bridgehead atoms. The molecule has 0 spiro atoms. The van der Waals surface area contributed by atoms with Gasteiger partial charge >= 0.3 is 29.3 Å². The summed E-state index contributed by atoms with van der Waals surface area (Å²) in [4.78, 5) is 0. The first-order chi connectivity index (χ1) is 11.1. The number of rotatable bonds is 18. The van der Waals surface area contributed by atoms with Crippen LogP contribution >= 0.6 is 0 Å². The predicted octanol–water partition coefficient (Wildman–Crippen LogP) is 5.42. The molecule has 0 fully saturated rings. The van der Waals surface area contributed by atoms with Gasteiger partial charge in [0, 0.05) is 0 Å². The van der Waals surface area contributed by atoms with E-state index in [0.29, 0.717) is 6.42 Å². The average molecular weight is 359 g/mol. The normalized spacial score (nSPS) is 11.4. The Morgan fingerprint density at radius 3 is 1.21 bits per heavy atom. The number of unbranched alkanes of at least 4 members (excludes halogenated alkanes) is 15. The predicted molar refractivity (Wildman–Crippen MR) is 104 cm³/mol. The third-order valence-corrected chi connectivity index (χ3v) is 4.69. The molecule has 0 radical (unpaired) electrons. The van der Waals surface area contributed by atoms with Gasteiger partial charge in [0.1, 0.15) is 0 Å². The zero-order valence-electron chi connectivity index (χ0n) is 15.1. The molecular weight excluding hydrogens is 319 g/mol. The Morgan fingerprint density at radius 1 is 0.625 bits per heavy atom. The fourth-order valence-electron chi connectivity index (χ4n) is 2.81. The molecule has 0 aliphatic heterocycles. The van der Waals surface area contributed by atoms with Crippen LogP contribution in [0.3, 0.4) is 0 Å². The molecule has 4 nitrogen and oxygen atoms in total. The summed E-state index contributed by atoms with van der Waals surface area (Å²) in [6.45, 7) is 2.36. The van der Waals surface area contributed by atoms with Crippen LogP contribution in [0, 0.1) is 0 Å². The van der Waals surface area contributed by atoms with Crippen molar-refractivity contribution in [3.05, 3.63) is 0 Å². The molecule has 0 aliphatic rings. The molecule has 1 N–H and O–H groups in total. The molecule has 0 aliphatic carbocycles. The maximum atomic E-state index is 10.3. The summed E-state index contributed by atoms with van der Waals surface area (Å²) in [5.74, 6) is 0. The Balaban J connectivity index is 0. The van der Waals surface area contributed by atoms with Crippen molar-refractivity contribution in [2.24, 2.45) is 0 Å². The zero-order valence-corrected chi connectivity index (χ0v) is 15.9. The molecule has 0 saturated carbocycles. The second-order valence-corrected chi connectivity index (χ2v) is 7.64. The van der Waals surface area contributed by atoms with Crippen LogP contribution in [0.15, 0.2) is 0 Å². The van der Waals surface area contributed by atoms with Crippen molar-refractivity contribution in [3.63, 3.8) is 0 Å². The Labute approximate surface area is 162 Å². The molecule has 0 atom stereocenters. The Bertz CT molecular complexity index is 334. The molecule has 0 aromatic rings. The van der Waals surface area contributed by atoms with Gasteiger partial charge < -0.3 is 0 Å². The van der Waals surface area contributed by atoms with E-state index >= 15 is 0 Å². The van der Waals surface area contributed by atoms with Crippen molar-refractivity contribution in [2.45, 2.75) is 110 Å². The second kappa shape index (κ2) is 19.8. The standard InChI is InChI=1S/C18H38O4S.Li.H/c1-2-3-4-5-6-7-8-9-10-11-12-13-14-15-16-17-18-22-23(19,20)21;;/h2-18H2,1H3,(H,19,20,21);;. The van der Waals surface area contributed by atoms with Crippen molar-refractivity contribution >= 4 is 29.3 Å². The topological polar surface area (TPSA) is 63.6 Å². The molecule has 0 unspecified atom stereocenters. The van der Waals surface area contributed by atoms with Gasteiger partial charge in [0.15, 0.2) is 0 Å². The quantitative estimate of drug-likeness (QED) is 0.202. The van der Waals surface area contributed by atoms with Crippen LogP contribution in [0.25, 0.3) is 0 Å². The number of hydrogen-bond acceptors (Lipinski definition) is 3. The summed E-state index contributed by atoms with van der Waals surface area (Å²) >= 11 is 0. The maximum absolute atomic E-state index is 10.3. The van der Waals surface area contributed by atoms with Crippen molar-refractivity contribution in [3.8, 4) is 0 Å². The van der Waals surface area contributed by atoms with E-state index in [1.165, 1.54) is 83.5 Å². The summed E-state index contributed by atoms with van der Waals surface area (Å²) in [6.07, 6.45) is 20.5.